The average Bonchev–Trinajstić information content (AvgIpc) is 2.85. The van der Waals surface area contributed by atoms with E-state index in [0.717, 1.165) is 29.0 Å². The van der Waals surface area contributed by atoms with E-state index in [-0.39, 0.29) is 6.10 Å². The van der Waals surface area contributed by atoms with E-state index in [1.807, 2.05) is 42.5 Å². The topological polar surface area (TPSA) is 24.8 Å². The van der Waals surface area contributed by atoms with Gasteiger partial charge < -0.3 is 4.84 Å². The van der Waals surface area contributed by atoms with Gasteiger partial charge in [-0.15, -0.1) is 0 Å². The Morgan fingerprint density at radius 1 is 0.960 bits per heavy atom. The predicted octanol–water partition coefficient (Wildman–Crippen LogP) is 5.06. The Morgan fingerprint density at radius 2 is 1.56 bits per heavy atom. The van der Waals surface area contributed by atoms with Crippen molar-refractivity contribution in [2.24, 2.45) is 5.16 Å². The molecule has 130 valence electrons. The molecule has 3 atom stereocenters. The fourth-order valence-electron chi connectivity index (χ4n) is 3.99. The van der Waals surface area contributed by atoms with Gasteiger partial charge in [-0.25, -0.2) is 0 Å². The number of hydrogen-bond acceptors (Lipinski definition) is 3. The summed E-state index contributed by atoms with van der Waals surface area (Å²) in [7, 11) is 2.24. The van der Waals surface area contributed by atoms with E-state index in [0.29, 0.717) is 12.1 Å². The van der Waals surface area contributed by atoms with Crippen LogP contribution in [-0.2, 0) is 4.84 Å². The minimum absolute atomic E-state index is 0.205. The summed E-state index contributed by atoms with van der Waals surface area (Å²) in [4.78, 5) is 8.59. The first-order valence-electron chi connectivity index (χ1n) is 8.94. The van der Waals surface area contributed by atoms with Crippen molar-refractivity contribution in [2.45, 2.75) is 43.9 Å². The van der Waals surface area contributed by atoms with Crippen molar-refractivity contribution in [1.82, 2.24) is 4.90 Å². The van der Waals surface area contributed by atoms with Gasteiger partial charge in [0.1, 0.15) is 0 Å². The Bertz CT molecular complexity index is 728. The maximum atomic E-state index is 6.08. The molecular weight excluding hydrogens is 332 g/mol. The highest BCUT2D eigenvalue weighted by Crippen LogP contribution is 2.34. The van der Waals surface area contributed by atoms with E-state index in [2.05, 4.69) is 29.2 Å². The van der Waals surface area contributed by atoms with E-state index in [9.17, 15) is 0 Å². The standard InChI is InChI=1S/C21H23ClN2O/c1-24-19-11-12-20(24)14-18(13-19)23-25-21(15-5-3-2-4-6-15)16-7-9-17(22)10-8-16/h2-10,19-21H,11-14H2,1H3/t19-,20+,21?. The molecule has 0 saturated carbocycles. The van der Waals surface area contributed by atoms with Gasteiger partial charge in [0.15, 0.2) is 6.10 Å². The van der Waals surface area contributed by atoms with Gasteiger partial charge in [0.2, 0.25) is 0 Å². The normalized spacial score (nSPS) is 25.9. The van der Waals surface area contributed by atoms with Gasteiger partial charge in [-0.2, -0.15) is 0 Å². The summed E-state index contributed by atoms with van der Waals surface area (Å²) in [6, 6.07) is 19.3. The molecule has 0 spiro atoms. The van der Waals surface area contributed by atoms with Crippen molar-refractivity contribution in [1.29, 1.82) is 0 Å². The van der Waals surface area contributed by atoms with Crippen LogP contribution in [0.2, 0.25) is 5.02 Å². The minimum Gasteiger partial charge on any atom is -0.383 e. The molecule has 2 aliphatic rings. The Labute approximate surface area is 154 Å². The van der Waals surface area contributed by atoms with Crippen LogP contribution in [0.4, 0.5) is 0 Å². The molecule has 2 aromatic carbocycles. The van der Waals surface area contributed by atoms with Crippen molar-refractivity contribution < 1.29 is 4.84 Å². The van der Waals surface area contributed by atoms with Gasteiger partial charge in [-0.05, 0) is 43.1 Å². The Kier molecular flexibility index (Phi) is 4.78. The maximum Gasteiger partial charge on any atom is 0.177 e. The Balaban J connectivity index is 1.57. The molecule has 0 radical (unpaired) electrons. The molecule has 0 amide bonds. The predicted molar refractivity (Wildman–Crippen MR) is 102 cm³/mol. The zero-order chi connectivity index (χ0) is 17.2. The smallest absolute Gasteiger partial charge is 0.177 e. The van der Waals surface area contributed by atoms with Crippen molar-refractivity contribution in [3.05, 3.63) is 70.7 Å². The van der Waals surface area contributed by atoms with Crippen LogP contribution in [0, 0.1) is 0 Å². The van der Waals surface area contributed by atoms with Gasteiger partial charge in [-0.3, -0.25) is 4.90 Å². The number of hydrogen-bond donors (Lipinski definition) is 0. The van der Waals surface area contributed by atoms with Gasteiger partial charge in [0, 0.05) is 29.9 Å². The van der Waals surface area contributed by atoms with E-state index in [1.165, 1.54) is 18.6 Å². The summed E-state index contributed by atoms with van der Waals surface area (Å²) in [5, 5.41) is 5.32. The highest BCUT2D eigenvalue weighted by atomic mass is 35.5. The first-order valence-corrected chi connectivity index (χ1v) is 9.32. The quantitative estimate of drug-likeness (QED) is 0.717. The summed E-state index contributed by atoms with van der Waals surface area (Å²) < 4.78 is 0. The molecule has 4 rings (SSSR count). The molecule has 0 aliphatic carbocycles. The number of nitrogens with zero attached hydrogens (tertiary/aromatic N) is 2. The van der Waals surface area contributed by atoms with Crippen LogP contribution >= 0.6 is 11.6 Å². The first-order chi connectivity index (χ1) is 12.2. The minimum atomic E-state index is -0.205. The summed E-state index contributed by atoms with van der Waals surface area (Å²) in [6.07, 6.45) is 4.40. The maximum absolute atomic E-state index is 6.08. The molecule has 4 heteroatoms. The van der Waals surface area contributed by atoms with Crippen LogP contribution in [0.25, 0.3) is 0 Å². The second-order valence-corrected chi connectivity index (χ2v) is 7.50. The Morgan fingerprint density at radius 3 is 2.20 bits per heavy atom. The van der Waals surface area contributed by atoms with Crippen molar-refractivity contribution >= 4 is 17.3 Å². The zero-order valence-electron chi connectivity index (χ0n) is 14.4. The van der Waals surface area contributed by atoms with Crippen LogP contribution in [0.5, 0.6) is 0 Å². The van der Waals surface area contributed by atoms with Crippen molar-refractivity contribution in [2.75, 3.05) is 7.05 Å². The lowest BCUT2D eigenvalue weighted by Crippen LogP contribution is -2.40. The number of oxime groups is 1. The summed E-state index contributed by atoms with van der Waals surface area (Å²) in [5.74, 6) is 0. The number of rotatable bonds is 4. The van der Waals surface area contributed by atoms with Crippen molar-refractivity contribution in [3.63, 3.8) is 0 Å². The second-order valence-electron chi connectivity index (χ2n) is 7.06. The molecule has 2 fully saturated rings. The third kappa shape index (κ3) is 3.58. The number of fused-ring (bicyclic) bond motifs is 2. The van der Waals surface area contributed by atoms with E-state index in [1.54, 1.807) is 0 Å². The van der Waals surface area contributed by atoms with E-state index >= 15 is 0 Å². The molecular formula is C21H23ClN2O. The second kappa shape index (κ2) is 7.19. The molecule has 2 heterocycles. The summed E-state index contributed by atoms with van der Waals surface area (Å²) in [5.41, 5.74) is 3.36. The monoisotopic (exact) mass is 354 g/mol. The number of piperidine rings is 1. The van der Waals surface area contributed by atoms with Crippen LogP contribution in [-0.4, -0.2) is 29.7 Å². The van der Waals surface area contributed by atoms with Gasteiger partial charge in [0.05, 0.1) is 5.71 Å². The Hall–Kier alpha value is -1.84. The third-order valence-electron chi connectivity index (χ3n) is 5.49. The zero-order valence-corrected chi connectivity index (χ0v) is 15.2. The number of halogens is 1. The lowest BCUT2D eigenvalue weighted by Gasteiger charge is -2.31. The van der Waals surface area contributed by atoms with E-state index < -0.39 is 0 Å². The first kappa shape index (κ1) is 16.6. The van der Waals surface area contributed by atoms with Crippen LogP contribution in [0.3, 0.4) is 0 Å². The van der Waals surface area contributed by atoms with Gasteiger partial charge in [-0.1, -0.05) is 59.2 Å². The molecule has 2 bridgehead atoms. The van der Waals surface area contributed by atoms with E-state index in [4.69, 9.17) is 16.4 Å². The van der Waals surface area contributed by atoms with Crippen LogP contribution < -0.4 is 0 Å². The lowest BCUT2D eigenvalue weighted by atomic mass is 10.0. The number of benzene rings is 2. The molecule has 2 aromatic rings. The lowest BCUT2D eigenvalue weighted by molar-refractivity contribution is 0.0839. The molecule has 0 N–H and O–H groups in total. The van der Waals surface area contributed by atoms with Crippen molar-refractivity contribution in [3.8, 4) is 0 Å². The average molecular weight is 355 g/mol. The van der Waals surface area contributed by atoms with Crippen LogP contribution in [0.1, 0.15) is 42.9 Å². The summed E-state index contributed by atoms with van der Waals surface area (Å²) in [6.45, 7) is 0. The SMILES string of the molecule is CN1[C@@H]2CC[C@H]1CC(=NOC(c1ccccc1)c1ccc(Cl)cc1)C2. The van der Waals surface area contributed by atoms with Gasteiger partial charge in [0.25, 0.3) is 0 Å². The van der Waals surface area contributed by atoms with Crippen LogP contribution in [0.15, 0.2) is 59.8 Å². The fourth-order valence-corrected chi connectivity index (χ4v) is 4.12. The van der Waals surface area contributed by atoms with Gasteiger partial charge >= 0.3 is 0 Å². The summed E-state index contributed by atoms with van der Waals surface area (Å²) >= 11 is 6.04. The molecule has 3 nitrogen and oxygen atoms in total. The fraction of sp³-hybridized carbons (Fsp3) is 0.381. The molecule has 2 saturated heterocycles. The largest absolute Gasteiger partial charge is 0.383 e. The highest BCUT2D eigenvalue weighted by Gasteiger charge is 2.37. The molecule has 25 heavy (non-hydrogen) atoms. The molecule has 0 aromatic heterocycles. The molecule has 1 unspecified atom stereocenters. The highest BCUT2D eigenvalue weighted by molar-refractivity contribution is 6.30. The third-order valence-corrected chi connectivity index (χ3v) is 5.74. The molecule has 2 aliphatic heterocycles.